The number of carbonyl (C=O) groups is 2. The van der Waals surface area contributed by atoms with Crippen molar-refractivity contribution in [1.29, 1.82) is 0 Å². The maximum Gasteiger partial charge on any atom is 0.586 e. The van der Waals surface area contributed by atoms with E-state index in [1.807, 2.05) is 30.3 Å². The van der Waals surface area contributed by atoms with Crippen LogP contribution in [0.15, 0.2) is 66.7 Å². The van der Waals surface area contributed by atoms with Crippen molar-refractivity contribution in [3.8, 4) is 11.5 Å². The highest BCUT2D eigenvalue weighted by atomic mass is 19.3. The molecule has 3 aromatic rings. The highest BCUT2D eigenvalue weighted by Gasteiger charge is 2.53. The minimum atomic E-state index is -3.74. The maximum atomic E-state index is 14.5. The van der Waals surface area contributed by atoms with Crippen LogP contribution in [0.25, 0.3) is 0 Å². The fraction of sp³-hybridized carbons (Fsp3) is 0.310. The van der Waals surface area contributed by atoms with Crippen molar-refractivity contribution >= 4 is 11.9 Å². The molecule has 0 radical (unpaired) electrons. The SMILES string of the molecule is O=C(O)c1ccc([C@H]2C[C@@H](NC(=O)C3(c4ccc5c(c4)OC(F)(F)O5)CC3)C[C@@H](c3ccccc3)O2)cc1F. The second-order valence-corrected chi connectivity index (χ2v) is 10.1. The Morgan fingerprint density at radius 3 is 2.23 bits per heavy atom. The number of fused-ring (bicyclic) bond motifs is 1. The molecule has 10 heteroatoms. The van der Waals surface area contributed by atoms with Crippen LogP contribution in [-0.2, 0) is 14.9 Å². The summed E-state index contributed by atoms with van der Waals surface area (Å²) in [5.74, 6) is -2.66. The average molecular weight is 540 g/mol. The predicted molar refractivity (Wildman–Crippen MR) is 131 cm³/mol. The molecule has 2 fully saturated rings. The second-order valence-electron chi connectivity index (χ2n) is 10.1. The van der Waals surface area contributed by atoms with Gasteiger partial charge in [0.2, 0.25) is 5.91 Å². The Labute approximate surface area is 221 Å². The largest absolute Gasteiger partial charge is 0.586 e. The lowest BCUT2D eigenvalue weighted by Gasteiger charge is -2.37. The summed E-state index contributed by atoms with van der Waals surface area (Å²) in [5.41, 5.74) is 0.615. The number of alkyl halides is 2. The Hall–Kier alpha value is -4.05. The van der Waals surface area contributed by atoms with Crippen molar-refractivity contribution < 1.29 is 42.1 Å². The van der Waals surface area contributed by atoms with Gasteiger partial charge in [-0.2, -0.15) is 0 Å². The third-order valence-corrected chi connectivity index (χ3v) is 7.57. The fourth-order valence-corrected chi connectivity index (χ4v) is 5.38. The molecule has 3 aliphatic rings. The molecule has 6 rings (SSSR count). The van der Waals surface area contributed by atoms with Gasteiger partial charge in [-0.05, 0) is 66.6 Å². The molecular formula is C29H24F3NO6. The molecule has 7 nitrogen and oxygen atoms in total. The molecule has 2 heterocycles. The highest BCUT2D eigenvalue weighted by molar-refractivity contribution is 5.91. The van der Waals surface area contributed by atoms with Crippen molar-refractivity contribution in [1.82, 2.24) is 5.32 Å². The van der Waals surface area contributed by atoms with Crippen LogP contribution < -0.4 is 14.8 Å². The lowest BCUT2D eigenvalue weighted by Crippen LogP contribution is -2.45. The summed E-state index contributed by atoms with van der Waals surface area (Å²) in [5, 5.41) is 12.3. The van der Waals surface area contributed by atoms with Gasteiger partial charge < -0.3 is 24.6 Å². The summed E-state index contributed by atoms with van der Waals surface area (Å²) >= 11 is 0. The van der Waals surface area contributed by atoms with Crippen LogP contribution in [0.5, 0.6) is 11.5 Å². The van der Waals surface area contributed by atoms with Crippen LogP contribution in [0.3, 0.4) is 0 Å². The Balaban J connectivity index is 1.24. The number of carboxylic acid groups (broad SMARTS) is 1. The predicted octanol–water partition coefficient (Wildman–Crippen LogP) is 5.65. The normalized spacial score (nSPS) is 24.1. The van der Waals surface area contributed by atoms with Crippen LogP contribution in [0.1, 0.15) is 64.9 Å². The maximum absolute atomic E-state index is 14.5. The molecule has 0 unspecified atom stereocenters. The molecule has 1 aliphatic carbocycles. The number of hydrogen-bond donors (Lipinski definition) is 2. The molecule has 0 aromatic heterocycles. The van der Waals surface area contributed by atoms with Crippen LogP contribution in [0, 0.1) is 5.82 Å². The quantitative estimate of drug-likeness (QED) is 0.420. The first kappa shape index (κ1) is 25.2. The van der Waals surface area contributed by atoms with E-state index in [0.717, 1.165) is 11.6 Å². The van der Waals surface area contributed by atoms with Crippen molar-refractivity contribution in [2.45, 2.75) is 55.6 Å². The third kappa shape index (κ3) is 4.80. The van der Waals surface area contributed by atoms with Gasteiger partial charge in [0.1, 0.15) is 5.82 Å². The topological polar surface area (TPSA) is 94.1 Å². The number of aromatic carboxylic acids is 1. The molecule has 1 saturated heterocycles. The summed E-state index contributed by atoms with van der Waals surface area (Å²) in [4.78, 5) is 24.8. The number of halogens is 3. The minimum Gasteiger partial charge on any atom is -0.478 e. The van der Waals surface area contributed by atoms with Crippen LogP contribution in [-0.4, -0.2) is 29.3 Å². The van der Waals surface area contributed by atoms with Gasteiger partial charge in [0, 0.05) is 6.04 Å². The third-order valence-electron chi connectivity index (χ3n) is 7.57. The van der Waals surface area contributed by atoms with E-state index in [1.165, 1.54) is 24.3 Å². The van der Waals surface area contributed by atoms with Gasteiger partial charge in [0.05, 0.1) is 23.2 Å². The smallest absolute Gasteiger partial charge is 0.478 e. The van der Waals surface area contributed by atoms with E-state index >= 15 is 0 Å². The number of nitrogens with one attached hydrogen (secondary N) is 1. The molecule has 3 atom stereocenters. The molecule has 0 spiro atoms. The van der Waals surface area contributed by atoms with Crippen molar-refractivity contribution in [2.24, 2.45) is 0 Å². The Kier molecular flexibility index (Phi) is 6.02. The van der Waals surface area contributed by atoms with Gasteiger partial charge in [0.25, 0.3) is 0 Å². The number of rotatable bonds is 6. The first-order valence-corrected chi connectivity index (χ1v) is 12.6. The molecule has 202 valence electrons. The van der Waals surface area contributed by atoms with Crippen LogP contribution in [0.2, 0.25) is 0 Å². The van der Waals surface area contributed by atoms with Gasteiger partial charge in [-0.1, -0.05) is 42.5 Å². The fourth-order valence-electron chi connectivity index (χ4n) is 5.38. The summed E-state index contributed by atoms with van der Waals surface area (Å²) in [6.45, 7) is 0. The molecular weight excluding hydrogens is 515 g/mol. The Morgan fingerprint density at radius 2 is 1.56 bits per heavy atom. The standard InChI is InChI=1S/C29H24F3NO6/c30-21-12-17(6-8-20(21)26(34)35)24-15-19(14-23(37-24)16-4-2-1-3-5-16)33-27(36)28(10-11-28)18-7-9-22-25(13-18)39-29(31,32)38-22/h1-9,12-13,19,23-24H,10-11,14-15H2,(H,33,36)(H,34,35)/t19-,23-,24+/m0/s1. The lowest BCUT2D eigenvalue weighted by molar-refractivity contribution is -0.286. The zero-order chi connectivity index (χ0) is 27.4. The van der Waals surface area contributed by atoms with Gasteiger partial charge in [0.15, 0.2) is 11.5 Å². The van der Waals surface area contributed by atoms with Crippen LogP contribution >= 0.6 is 0 Å². The van der Waals surface area contributed by atoms with E-state index in [9.17, 15) is 27.9 Å². The zero-order valence-electron chi connectivity index (χ0n) is 20.5. The summed E-state index contributed by atoms with van der Waals surface area (Å²) < 4.78 is 56.9. The summed E-state index contributed by atoms with van der Waals surface area (Å²) in [7, 11) is 0. The van der Waals surface area contributed by atoms with Crippen molar-refractivity contribution in [3.63, 3.8) is 0 Å². The van der Waals surface area contributed by atoms with E-state index < -0.39 is 41.3 Å². The molecule has 2 N–H and O–H groups in total. The zero-order valence-corrected chi connectivity index (χ0v) is 20.5. The first-order chi connectivity index (χ1) is 18.6. The molecule has 0 bridgehead atoms. The van der Waals surface area contributed by atoms with Crippen molar-refractivity contribution in [3.05, 3.63) is 94.8 Å². The second kappa shape index (κ2) is 9.30. The molecule has 1 saturated carbocycles. The summed E-state index contributed by atoms with van der Waals surface area (Å²) in [6.07, 6.45) is -2.85. The number of carboxylic acids is 1. The Bertz CT molecular complexity index is 1440. The number of hydrogen-bond acceptors (Lipinski definition) is 5. The van der Waals surface area contributed by atoms with Gasteiger partial charge in [-0.15, -0.1) is 8.78 Å². The Morgan fingerprint density at radius 1 is 0.872 bits per heavy atom. The van der Waals surface area contributed by atoms with Crippen LogP contribution in [0.4, 0.5) is 13.2 Å². The number of benzene rings is 3. The van der Waals surface area contributed by atoms with Gasteiger partial charge in [-0.3, -0.25) is 4.79 Å². The van der Waals surface area contributed by atoms with E-state index in [1.54, 1.807) is 6.07 Å². The lowest BCUT2D eigenvalue weighted by atomic mass is 9.89. The average Bonchev–Trinajstić information content (AvgIpc) is 3.66. The summed E-state index contributed by atoms with van der Waals surface area (Å²) in [6, 6.07) is 17.4. The van der Waals surface area contributed by atoms with E-state index in [4.69, 9.17) is 4.74 Å². The van der Waals surface area contributed by atoms with E-state index in [-0.39, 0.29) is 23.4 Å². The van der Waals surface area contributed by atoms with Gasteiger partial charge in [-0.25, -0.2) is 9.18 Å². The number of amides is 1. The number of carbonyl (C=O) groups excluding carboxylic acids is 1. The van der Waals surface area contributed by atoms with E-state index in [2.05, 4.69) is 14.8 Å². The number of ether oxygens (including phenoxy) is 3. The minimum absolute atomic E-state index is 0.0842. The first-order valence-electron chi connectivity index (χ1n) is 12.6. The molecule has 1 amide bonds. The molecule has 39 heavy (non-hydrogen) atoms. The molecule has 2 aliphatic heterocycles. The molecule has 3 aromatic carbocycles. The van der Waals surface area contributed by atoms with E-state index in [0.29, 0.717) is 36.8 Å². The monoisotopic (exact) mass is 539 g/mol. The van der Waals surface area contributed by atoms with Gasteiger partial charge >= 0.3 is 12.3 Å². The highest BCUT2D eigenvalue weighted by Crippen LogP contribution is 2.52. The van der Waals surface area contributed by atoms with Crippen molar-refractivity contribution in [2.75, 3.05) is 0 Å².